The van der Waals surface area contributed by atoms with Crippen molar-refractivity contribution in [1.82, 2.24) is 9.62 Å². The fourth-order valence-electron chi connectivity index (χ4n) is 3.04. The minimum absolute atomic E-state index is 0.133. The Kier molecular flexibility index (Phi) is 5.09. The van der Waals surface area contributed by atoms with Gasteiger partial charge in [-0.25, -0.2) is 8.42 Å². The van der Waals surface area contributed by atoms with Crippen LogP contribution >= 0.6 is 0 Å². The summed E-state index contributed by atoms with van der Waals surface area (Å²) in [5.41, 5.74) is 0.383. The summed E-state index contributed by atoms with van der Waals surface area (Å²) in [4.78, 5) is 0.133. The van der Waals surface area contributed by atoms with Crippen molar-refractivity contribution >= 4 is 10.0 Å². The molecule has 0 bridgehead atoms. The Morgan fingerprint density at radius 3 is 2.58 bits per heavy atom. The van der Waals surface area contributed by atoms with Gasteiger partial charge < -0.3 is 10.1 Å². The van der Waals surface area contributed by atoms with Crippen molar-refractivity contribution in [2.45, 2.75) is 36.6 Å². The third-order valence-corrected chi connectivity index (χ3v) is 6.69. The van der Waals surface area contributed by atoms with E-state index in [1.807, 2.05) is 6.07 Å². The average Bonchev–Trinajstić information content (AvgIpc) is 3.44. The Morgan fingerprint density at radius 2 is 2.00 bits per heavy atom. The molecule has 2 aliphatic rings. The van der Waals surface area contributed by atoms with E-state index in [0.717, 1.165) is 25.3 Å². The highest BCUT2D eigenvalue weighted by atomic mass is 32.2. The lowest BCUT2D eigenvalue weighted by atomic mass is 10.1. The predicted molar refractivity (Wildman–Crippen MR) is 90.2 cm³/mol. The van der Waals surface area contributed by atoms with E-state index in [-0.39, 0.29) is 10.6 Å². The highest BCUT2D eigenvalue weighted by Crippen LogP contribution is 2.30. The maximum absolute atomic E-state index is 12.9. The van der Waals surface area contributed by atoms with Crippen LogP contribution in [-0.4, -0.2) is 45.5 Å². The number of hydrogen-bond acceptors (Lipinski definition) is 5. The molecule has 1 aromatic carbocycles. The second kappa shape index (κ2) is 7.09. The van der Waals surface area contributed by atoms with Crippen molar-refractivity contribution in [1.29, 1.82) is 5.26 Å². The minimum atomic E-state index is -3.60. The lowest BCUT2D eigenvalue weighted by Crippen LogP contribution is -2.45. The molecule has 0 atom stereocenters. The molecular weight excluding hydrogens is 326 g/mol. The quantitative estimate of drug-likeness (QED) is 0.845. The number of piperidine rings is 1. The first kappa shape index (κ1) is 17.2. The monoisotopic (exact) mass is 349 g/mol. The molecule has 130 valence electrons. The molecule has 1 aliphatic carbocycles. The fraction of sp³-hybridized carbons (Fsp3) is 0.588. The van der Waals surface area contributed by atoms with Gasteiger partial charge in [-0.15, -0.1) is 0 Å². The van der Waals surface area contributed by atoms with Gasteiger partial charge >= 0.3 is 0 Å². The summed E-state index contributed by atoms with van der Waals surface area (Å²) in [6, 6.07) is 6.84. The molecule has 0 radical (unpaired) electrons. The Morgan fingerprint density at radius 1 is 1.29 bits per heavy atom. The van der Waals surface area contributed by atoms with E-state index in [9.17, 15) is 8.42 Å². The predicted octanol–water partition coefficient (Wildman–Crippen LogP) is 1.72. The molecule has 0 aromatic heterocycles. The van der Waals surface area contributed by atoms with Crippen LogP contribution in [0.4, 0.5) is 0 Å². The number of methoxy groups -OCH3 is 1. The molecule has 1 N–H and O–H groups in total. The van der Waals surface area contributed by atoms with E-state index < -0.39 is 10.0 Å². The van der Waals surface area contributed by atoms with Crippen LogP contribution in [0.15, 0.2) is 23.1 Å². The first-order chi connectivity index (χ1) is 11.5. The molecule has 1 heterocycles. The van der Waals surface area contributed by atoms with Crippen molar-refractivity contribution < 1.29 is 13.2 Å². The van der Waals surface area contributed by atoms with Crippen LogP contribution in [0.3, 0.4) is 0 Å². The highest BCUT2D eigenvalue weighted by molar-refractivity contribution is 7.89. The molecule has 7 heteroatoms. The zero-order valence-electron chi connectivity index (χ0n) is 13.9. The van der Waals surface area contributed by atoms with Crippen LogP contribution in [0.1, 0.15) is 31.2 Å². The Hall–Kier alpha value is -1.62. The molecule has 1 aliphatic heterocycles. The number of rotatable bonds is 6. The molecule has 0 spiro atoms. The summed E-state index contributed by atoms with van der Waals surface area (Å²) < 4.78 is 32.5. The lowest BCUT2D eigenvalue weighted by molar-refractivity contribution is 0.287. The molecule has 1 saturated carbocycles. The standard InChI is InChI=1S/C17H23N3O3S/c1-23-16-10-14(11-18)4-5-17(16)24(21,22)20-8-6-15(7-9-20)19-12-13-2-3-13/h4-5,10,13,15,19H,2-3,6-9,12H2,1H3. The number of hydrogen-bond donors (Lipinski definition) is 1. The Balaban J connectivity index is 1.68. The summed E-state index contributed by atoms with van der Waals surface area (Å²) in [7, 11) is -2.18. The van der Waals surface area contributed by atoms with Gasteiger partial charge in [-0.3, -0.25) is 0 Å². The summed E-state index contributed by atoms with van der Waals surface area (Å²) in [6.45, 7) is 2.07. The summed E-state index contributed by atoms with van der Waals surface area (Å²) >= 11 is 0. The zero-order valence-corrected chi connectivity index (χ0v) is 14.7. The van der Waals surface area contributed by atoms with E-state index >= 15 is 0 Å². The number of sulfonamides is 1. The highest BCUT2D eigenvalue weighted by Gasteiger charge is 2.32. The van der Waals surface area contributed by atoms with Gasteiger partial charge in [-0.05, 0) is 56.3 Å². The molecule has 1 saturated heterocycles. The van der Waals surface area contributed by atoms with E-state index in [4.69, 9.17) is 10.00 Å². The zero-order chi connectivity index (χ0) is 17.2. The maximum atomic E-state index is 12.9. The third kappa shape index (κ3) is 3.72. The fourth-order valence-corrected chi connectivity index (χ4v) is 4.65. The second-order valence-corrected chi connectivity index (χ2v) is 8.41. The first-order valence-electron chi connectivity index (χ1n) is 8.36. The van der Waals surface area contributed by atoms with E-state index in [0.29, 0.717) is 24.7 Å². The first-order valence-corrected chi connectivity index (χ1v) is 9.80. The van der Waals surface area contributed by atoms with E-state index in [1.54, 1.807) is 0 Å². The van der Waals surface area contributed by atoms with Crippen LogP contribution in [-0.2, 0) is 10.0 Å². The number of nitrogens with one attached hydrogen (secondary N) is 1. The van der Waals surface area contributed by atoms with Gasteiger partial charge in [-0.2, -0.15) is 9.57 Å². The molecule has 6 nitrogen and oxygen atoms in total. The maximum Gasteiger partial charge on any atom is 0.246 e. The van der Waals surface area contributed by atoms with Crippen molar-refractivity contribution in [3.05, 3.63) is 23.8 Å². The smallest absolute Gasteiger partial charge is 0.246 e. The molecule has 0 amide bonds. The van der Waals surface area contributed by atoms with Crippen LogP contribution < -0.4 is 10.1 Å². The van der Waals surface area contributed by atoms with Crippen LogP contribution in [0.2, 0.25) is 0 Å². The van der Waals surface area contributed by atoms with Crippen molar-refractivity contribution in [3.63, 3.8) is 0 Å². The topological polar surface area (TPSA) is 82.4 Å². The van der Waals surface area contributed by atoms with E-state index in [1.165, 1.54) is 42.5 Å². The van der Waals surface area contributed by atoms with Crippen molar-refractivity contribution in [2.24, 2.45) is 5.92 Å². The third-order valence-electron chi connectivity index (χ3n) is 4.76. The molecule has 1 aromatic rings. The SMILES string of the molecule is COc1cc(C#N)ccc1S(=O)(=O)N1CCC(NCC2CC2)CC1. The average molecular weight is 349 g/mol. The van der Waals surface area contributed by atoms with Gasteiger partial charge in [0.15, 0.2) is 0 Å². The molecule has 0 unspecified atom stereocenters. The molecular formula is C17H23N3O3S. The molecule has 24 heavy (non-hydrogen) atoms. The number of nitrogens with zero attached hydrogens (tertiary/aromatic N) is 2. The Labute approximate surface area is 143 Å². The number of nitriles is 1. The normalized spacial score (nSPS) is 19.8. The lowest BCUT2D eigenvalue weighted by Gasteiger charge is -2.32. The van der Waals surface area contributed by atoms with Gasteiger partial charge in [0.05, 0.1) is 18.7 Å². The van der Waals surface area contributed by atoms with Gasteiger partial charge in [0.1, 0.15) is 10.6 Å². The summed E-state index contributed by atoms with van der Waals surface area (Å²) in [5.74, 6) is 1.05. The summed E-state index contributed by atoms with van der Waals surface area (Å²) in [6.07, 6.45) is 4.28. The van der Waals surface area contributed by atoms with Gasteiger partial charge in [-0.1, -0.05) is 0 Å². The number of benzene rings is 1. The van der Waals surface area contributed by atoms with Crippen LogP contribution in [0, 0.1) is 17.2 Å². The van der Waals surface area contributed by atoms with Gasteiger partial charge in [0, 0.05) is 19.1 Å². The molecule has 2 fully saturated rings. The minimum Gasteiger partial charge on any atom is -0.495 e. The Bertz CT molecular complexity index is 730. The summed E-state index contributed by atoms with van der Waals surface area (Å²) in [5, 5.41) is 12.5. The van der Waals surface area contributed by atoms with Crippen molar-refractivity contribution in [2.75, 3.05) is 26.7 Å². The van der Waals surface area contributed by atoms with Gasteiger partial charge in [0.25, 0.3) is 0 Å². The van der Waals surface area contributed by atoms with E-state index in [2.05, 4.69) is 5.32 Å². The van der Waals surface area contributed by atoms with Gasteiger partial charge in [0.2, 0.25) is 10.0 Å². The van der Waals surface area contributed by atoms with Crippen LogP contribution in [0.5, 0.6) is 5.75 Å². The molecule has 3 rings (SSSR count). The van der Waals surface area contributed by atoms with Crippen LogP contribution in [0.25, 0.3) is 0 Å². The number of ether oxygens (including phenoxy) is 1. The second-order valence-electron chi connectivity index (χ2n) is 6.51. The van der Waals surface area contributed by atoms with Crippen molar-refractivity contribution in [3.8, 4) is 11.8 Å². The largest absolute Gasteiger partial charge is 0.495 e.